The predicted octanol–water partition coefficient (Wildman–Crippen LogP) is -0.817. The molecule has 0 aromatic rings. The van der Waals surface area contributed by atoms with Crippen molar-refractivity contribution in [1.29, 1.82) is 0 Å². The van der Waals surface area contributed by atoms with Crippen molar-refractivity contribution in [3.05, 3.63) is 0 Å². The number of nitrogens with zero attached hydrogens (tertiary/aromatic N) is 3. The highest BCUT2D eigenvalue weighted by Gasteiger charge is 2.20. The molecule has 0 rings (SSSR count). The smallest absolute Gasteiger partial charge is 0.287 e. The summed E-state index contributed by atoms with van der Waals surface area (Å²) in [6.45, 7) is 0. The molecule has 0 aromatic carbocycles. The fraction of sp³-hybridized carbons (Fsp3) is 1.00. The van der Waals surface area contributed by atoms with Crippen molar-refractivity contribution in [2.45, 2.75) is 0 Å². The van der Waals surface area contributed by atoms with Crippen molar-refractivity contribution in [2.75, 3.05) is 42.3 Å². The van der Waals surface area contributed by atoms with Crippen LogP contribution in [0, 0.1) is 0 Å². The van der Waals surface area contributed by atoms with Gasteiger partial charge in [-0.1, -0.05) is 0 Å². The molecule has 0 aliphatic rings. The first kappa shape index (κ1) is 13.0. The number of hydrogen-bond donors (Lipinski definition) is 0. The lowest BCUT2D eigenvalue weighted by Gasteiger charge is -2.24. The minimum Gasteiger partial charge on any atom is -0.287 e. The molecule has 0 unspecified atom stereocenters. The van der Waals surface area contributed by atoms with E-state index in [1.165, 1.54) is 0 Å². The summed E-state index contributed by atoms with van der Waals surface area (Å²) in [5, 5.41) is 4.72. The Morgan fingerprint density at radius 2 is 0.846 bits per heavy atom. The van der Waals surface area contributed by atoms with Crippen molar-refractivity contribution < 1.29 is 13.6 Å². The van der Waals surface area contributed by atoms with Gasteiger partial charge >= 0.3 is 9.53 Å². The van der Waals surface area contributed by atoms with Crippen LogP contribution in [0.15, 0.2) is 0 Å². The molecule has 0 aromatic heterocycles. The lowest BCUT2D eigenvalue weighted by atomic mass is 11.2. The van der Waals surface area contributed by atoms with E-state index in [4.69, 9.17) is 13.6 Å². The van der Waals surface area contributed by atoms with Crippen molar-refractivity contribution in [3.8, 4) is 0 Å². The Morgan fingerprint density at radius 3 is 1.00 bits per heavy atom. The lowest BCUT2D eigenvalue weighted by molar-refractivity contribution is -0.172. The van der Waals surface area contributed by atoms with Crippen molar-refractivity contribution in [1.82, 2.24) is 15.2 Å². The molecular weight excluding hydrogens is 190 g/mol. The minimum atomic E-state index is -2.13. The highest BCUT2D eigenvalue weighted by molar-refractivity contribution is 6.35. The average molecular weight is 209 g/mol. The molecule has 0 aliphatic heterocycles. The number of hydroxylamine groups is 6. The first-order valence-electron chi connectivity index (χ1n) is 3.94. The van der Waals surface area contributed by atoms with E-state index in [1.807, 2.05) is 0 Å². The largest absolute Gasteiger partial charge is 0.535 e. The van der Waals surface area contributed by atoms with Gasteiger partial charge in [0.15, 0.2) is 0 Å². The number of rotatable bonds is 6. The van der Waals surface area contributed by atoms with Gasteiger partial charge in [0.2, 0.25) is 0 Å². The molecule has 6 nitrogen and oxygen atoms in total. The SMILES string of the molecule is CN(C)O[SiH](ON(C)C)ON(C)C. The fourth-order valence-corrected chi connectivity index (χ4v) is 1.72. The fourth-order valence-electron chi connectivity index (χ4n) is 0.574. The third-order valence-electron chi connectivity index (χ3n) is 0.891. The Bertz CT molecular complexity index is 111. The molecule has 13 heavy (non-hydrogen) atoms. The van der Waals surface area contributed by atoms with Crippen molar-refractivity contribution in [2.24, 2.45) is 0 Å². The third-order valence-corrected chi connectivity index (χ3v) is 2.67. The maximum Gasteiger partial charge on any atom is 0.535 e. The summed E-state index contributed by atoms with van der Waals surface area (Å²) in [6, 6.07) is 0. The van der Waals surface area contributed by atoms with Crippen LogP contribution in [0.2, 0.25) is 0 Å². The van der Waals surface area contributed by atoms with Crippen LogP contribution in [-0.2, 0) is 13.6 Å². The summed E-state index contributed by atoms with van der Waals surface area (Å²) in [6.07, 6.45) is 0. The summed E-state index contributed by atoms with van der Waals surface area (Å²) in [4.78, 5) is 0. The molecular formula is C6H19N3O3Si. The van der Waals surface area contributed by atoms with Gasteiger partial charge < -0.3 is 0 Å². The second kappa shape index (κ2) is 6.43. The van der Waals surface area contributed by atoms with E-state index in [0.29, 0.717) is 0 Å². The zero-order chi connectivity index (χ0) is 10.4. The first-order chi connectivity index (χ1) is 5.91. The summed E-state index contributed by atoms with van der Waals surface area (Å²) < 4.78 is 15.9. The highest BCUT2D eigenvalue weighted by atomic mass is 28.3. The molecule has 0 bridgehead atoms. The van der Waals surface area contributed by atoms with Crippen LogP contribution in [0.3, 0.4) is 0 Å². The minimum absolute atomic E-state index is 1.57. The van der Waals surface area contributed by atoms with Crippen LogP contribution in [0.25, 0.3) is 0 Å². The van der Waals surface area contributed by atoms with Crippen molar-refractivity contribution in [3.63, 3.8) is 0 Å². The van der Waals surface area contributed by atoms with Crippen LogP contribution in [-0.4, -0.2) is 67.0 Å². The molecule has 0 atom stereocenters. The highest BCUT2D eigenvalue weighted by Crippen LogP contribution is 1.96. The maximum atomic E-state index is 5.32. The normalized spacial score (nSPS) is 12.5. The average Bonchev–Trinajstić information content (AvgIpc) is 1.80. The van der Waals surface area contributed by atoms with Gasteiger partial charge in [0, 0.05) is 42.3 Å². The van der Waals surface area contributed by atoms with Crippen LogP contribution in [0.1, 0.15) is 0 Å². The Kier molecular flexibility index (Phi) is 6.42. The van der Waals surface area contributed by atoms with E-state index < -0.39 is 9.53 Å². The molecule has 7 heteroatoms. The van der Waals surface area contributed by atoms with E-state index in [0.717, 1.165) is 0 Å². The molecule has 0 N–H and O–H groups in total. The van der Waals surface area contributed by atoms with E-state index in [1.54, 1.807) is 57.5 Å². The van der Waals surface area contributed by atoms with Gasteiger partial charge in [-0.05, 0) is 0 Å². The first-order valence-corrected chi connectivity index (χ1v) is 5.35. The van der Waals surface area contributed by atoms with Gasteiger partial charge in [-0.2, -0.15) is 0 Å². The zero-order valence-corrected chi connectivity index (χ0v) is 10.3. The summed E-state index contributed by atoms with van der Waals surface area (Å²) in [7, 11) is 8.61. The molecule has 0 spiro atoms. The van der Waals surface area contributed by atoms with Gasteiger partial charge in [0.1, 0.15) is 0 Å². The molecule has 0 fully saturated rings. The van der Waals surface area contributed by atoms with Crippen LogP contribution in [0.4, 0.5) is 0 Å². The van der Waals surface area contributed by atoms with Gasteiger partial charge in [0.25, 0.3) is 0 Å². The second-order valence-corrected chi connectivity index (χ2v) is 4.25. The van der Waals surface area contributed by atoms with E-state index in [9.17, 15) is 0 Å². The van der Waals surface area contributed by atoms with Gasteiger partial charge in [-0.15, -0.1) is 0 Å². The van der Waals surface area contributed by atoms with Gasteiger partial charge in [-0.3, -0.25) is 13.6 Å². The molecule has 0 radical (unpaired) electrons. The maximum absolute atomic E-state index is 5.32. The van der Waals surface area contributed by atoms with Crippen LogP contribution < -0.4 is 0 Å². The van der Waals surface area contributed by atoms with Crippen molar-refractivity contribution >= 4 is 9.53 Å². The standard InChI is InChI=1S/C6H19N3O3Si/c1-7(2)10-13(11-8(3)4)12-9(5)6/h13H,1-6H3. The lowest BCUT2D eigenvalue weighted by Crippen LogP contribution is -2.40. The Labute approximate surface area is 81.4 Å². The summed E-state index contributed by atoms with van der Waals surface area (Å²) in [5.41, 5.74) is 0. The molecule has 0 amide bonds. The van der Waals surface area contributed by atoms with E-state index in [-0.39, 0.29) is 0 Å². The van der Waals surface area contributed by atoms with Crippen LogP contribution in [0.5, 0.6) is 0 Å². The Morgan fingerprint density at radius 1 is 0.615 bits per heavy atom. The predicted molar refractivity (Wildman–Crippen MR) is 51.5 cm³/mol. The Balaban J connectivity index is 3.87. The topological polar surface area (TPSA) is 37.4 Å². The molecule has 0 heterocycles. The van der Waals surface area contributed by atoms with Gasteiger partial charge in [0.05, 0.1) is 0 Å². The zero-order valence-electron chi connectivity index (χ0n) is 9.14. The molecule has 0 saturated heterocycles. The molecule has 0 aliphatic carbocycles. The number of hydrogen-bond acceptors (Lipinski definition) is 6. The second-order valence-electron chi connectivity index (χ2n) is 3.04. The molecule has 80 valence electrons. The summed E-state index contributed by atoms with van der Waals surface area (Å²) >= 11 is 0. The molecule has 0 saturated carbocycles. The Hall–Kier alpha value is -0.0231. The monoisotopic (exact) mass is 209 g/mol. The summed E-state index contributed by atoms with van der Waals surface area (Å²) in [5.74, 6) is 0. The van der Waals surface area contributed by atoms with E-state index in [2.05, 4.69) is 0 Å². The van der Waals surface area contributed by atoms with Gasteiger partial charge in [-0.25, -0.2) is 15.2 Å². The van der Waals surface area contributed by atoms with E-state index >= 15 is 0 Å². The third kappa shape index (κ3) is 8.31. The quantitative estimate of drug-likeness (QED) is 0.420. The van der Waals surface area contributed by atoms with Crippen LogP contribution >= 0.6 is 0 Å².